The minimum Gasteiger partial charge on any atom is -0.330 e. The monoisotopic (exact) mass is 246 g/mol. The van der Waals surface area contributed by atoms with Crippen molar-refractivity contribution in [2.75, 3.05) is 6.54 Å². The Bertz CT molecular complexity index is 503. The van der Waals surface area contributed by atoms with Crippen LogP contribution in [0.4, 0.5) is 0 Å². The lowest BCUT2D eigenvalue weighted by atomic mass is 10.0. The lowest BCUT2D eigenvalue weighted by molar-refractivity contribution is 0.934. The Kier molecular flexibility index (Phi) is 3.92. The standard InChI is InChI=1S/C14H18N2S/c1-10-3-4-11(2)12(7-10)8-13-9-17-14(16-13)5-6-15/h3-4,7,9H,5-6,8,15H2,1-2H3. The molecule has 0 atom stereocenters. The molecule has 2 aromatic rings. The second-order valence-corrected chi connectivity index (χ2v) is 5.32. The molecule has 1 heterocycles. The zero-order valence-electron chi connectivity index (χ0n) is 10.4. The van der Waals surface area contributed by atoms with Gasteiger partial charge in [-0.3, -0.25) is 0 Å². The van der Waals surface area contributed by atoms with Crippen LogP contribution in [-0.2, 0) is 12.8 Å². The predicted molar refractivity (Wildman–Crippen MR) is 73.6 cm³/mol. The summed E-state index contributed by atoms with van der Waals surface area (Å²) in [5.41, 5.74) is 10.7. The molecule has 1 aromatic heterocycles. The van der Waals surface area contributed by atoms with Gasteiger partial charge in [0, 0.05) is 18.2 Å². The van der Waals surface area contributed by atoms with Crippen molar-refractivity contribution >= 4 is 11.3 Å². The van der Waals surface area contributed by atoms with Crippen LogP contribution in [0.15, 0.2) is 23.6 Å². The summed E-state index contributed by atoms with van der Waals surface area (Å²) in [5, 5.41) is 3.29. The van der Waals surface area contributed by atoms with Gasteiger partial charge in [0.15, 0.2) is 0 Å². The Labute approximate surface area is 107 Å². The van der Waals surface area contributed by atoms with E-state index in [-0.39, 0.29) is 0 Å². The van der Waals surface area contributed by atoms with Crippen LogP contribution in [-0.4, -0.2) is 11.5 Å². The van der Waals surface area contributed by atoms with E-state index in [1.54, 1.807) is 11.3 Å². The molecule has 0 aliphatic heterocycles. The molecule has 1 aromatic carbocycles. The Balaban J connectivity index is 2.16. The van der Waals surface area contributed by atoms with Gasteiger partial charge in [0.25, 0.3) is 0 Å². The molecule has 0 aliphatic rings. The average Bonchev–Trinajstić information content (AvgIpc) is 2.72. The summed E-state index contributed by atoms with van der Waals surface area (Å²) in [5.74, 6) is 0. The van der Waals surface area contributed by atoms with Crippen LogP contribution in [0.3, 0.4) is 0 Å². The maximum Gasteiger partial charge on any atom is 0.0940 e. The average molecular weight is 246 g/mol. The highest BCUT2D eigenvalue weighted by molar-refractivity contribution is 7.09. The Hall–Kier alpha value is -1.19. The third kappa shape index (κ3) is 3.14. The topological polar surface area (TPSA) is 38.9 Å². The summed E-state index contributed by atoms with van der Waals surface area (Å²) in [6.45, 7) is 4.96. The first-order valence-electron chi connectivity index (χ1n) is 5.88. The smallest absolute Gasteiger partial charge is 0.0940 e. The van der Waals surface area contributed by atoms with Gasteiger partial charge in [-0.25, -0.2) is 4.98 Å². The normalized spacial score (nSPS) is 10.8. The molecule has 0 bridgehead atoms. The summed E-state index contributed by atoms with van der Waals surface area (Å²) < 4.78 is 0. The molecule has 0 saturated heterocycles. The fourth-order valence-electron chi connectivity index (χ4n) is 1.85. The van der Waals surface area contributed by atoms with Crippen molar-refractivity contribution in [2.45, 2.75) is 26.7 Å². The fourth-order valence-corrected chi connectivity index (χ4v) is 2.67. The van der Waals surface area contributed by atoms with E-state index in [2.05, 4.69) is 42.4 Å². The van der Waals surface area contributed by atoms with Crippen molar-refractivity contribution in [3.8, 4) is 0 Å². The molecule has 3 heteroatoms. The fraction of sp³-hybridized carbons (Fsp3) is 0.357. The summed E-state index contributed by atoms with van der Waals surface area (Å²) >= 11 is 1.71. The maximum absolute atomic E-state index is 5.53. The number of benzene rings is 1. The summed E-state index contributed by atoms with van der Waals surface area (Å²) in [7, 11) is 0. The molecular weight excluding hydrogens is 228 g/mol. The lowest BCUT2D eigenvalue weighted by Crippen LogP contribution is -2.02. The van der Waals surface area contributed by atoms with Gasteiger partial charge in [-0.05, 0) is 31.5 Å². The third-order valence-electron chi connectivity index (χ3n) is 2.83. The van der Waals surface area contributed by atoms with Gasteiger partial charge in [-0.2, -0.15) is 0 Å². The molecule has 0 radical (unpaired) electrons. The number of nitrogens with zero attached hydrogens (tertiary/aromatic N) is 1. The summed E-state index contributed by atoms with van der Waals surface area (Å²) in [6, 6.07) is 6.58. The summed E-state index contributed by atoms with van der Waals surface area (Å²) in [6.07, 6.45) is 1.81. The predicted octanol–water partition coefficient (Wildman–Crippen LogP) is 2.85. The molecule has 90 valence electrons. The van der Waals surface area contributed by atoms with E-state index in [0.717, 1.165) is 23.5 Å². The molecular formula is C14H18N2S. The molecule has 0 amide bonds. The highest BCUT2D eigenvalue weighted by Gasteiger charge is 2.05. The summed E-state index contributed by atoms with van der Waals surface area (Å²) in [4.78, 5) is 4.60. The Morgan fingerprint density at radius 1 is 1.29 bits per heavy atom. The number of rotatable bonds is 4. The van der Waals surface area contributed by atoms with Gasteiger partial charge < -0.3 is 5.73 Å². The van der Waals surface area contributed by atoms with Gasteiger partial charge in [0.2, 0.25) is 0 Å². The zero-order valence-corrected chi connectivity index (χ0v) is 11.2. The molecule has 0 unspecified atom stereocenters. The second kappa shape index (κ2) is 5.43. The zero-order chi connectivity index (χ0) is 12.3. The van der Waals surface area contributed by atoms with Crippen LogP contribution in [0.2, 0.25) is 0 Å². The quantitative estimate of drug-likeness (QED) is 0.901. The molecule has 0 fully saturated rings. The van der Waals surface area contributed by atoms with Gasteiger partial charge in [-0.15, -0.1) is 11.3 Å². The first-order valence-corrected chi connectivity index (χ1v) is 6.76. The minimum absolute atomic E-state index is 0.677. The van der Waals surface area contributed by atoms with Crippen LogP contribution in [0.5, 0.6) is 0 Å². The van der Waals surface area contributed by atoms with E-state index in [4.69, 9.17) is 5.73 Å². The number of hydrogen-bond acceptors (Lipinski definition) is 3. The Morgan fingerprint density at radius 2 is 2.12 bits per heavy atom. The van der Waals surface area contributed by atoms with E-state index in [1.807, 2.05) is 0 Å². The van der Waals surface area contributed by atoms with Gasteiger partial charge >= 0.3 is 0 Å². The van der Waals surface area contributed by atoms with E-state index >= 15 is 0 Å². The molecule has 17 heavy (non-hydrogen) atoms. The SMILES string of the molecule is Cc1ccc(C)c(Cc2csc(CCN)n2)c1. The van der Waals surface area contributed by atoms with Crippen LogP contribution in [0.25, 0.3) is 0 Å². The lowest BCUT2D eigenvalue weighted by Gasteiger charge is -2.05. The van der Waals surface area contributed by atoms with Crippen molar-refractivity contribution in [3.63, 3.8) is 0 Å². The number of nitrogens with two attached hydrogens (primary N) is 1. The van der Waals surface area contributed by atoms with Crippen molar-refractivity contribution in [1.29, 1.82) is 0 Å². The van der Waals surface area contributed by atoms with Crippen molar-refractivity contribution < 1.29 is 0 Å². The molecule has 0 aliphatic carbocycles. The highest BCUT2D eigenvalue weighted by Crippen LogP contribution is 2.17. The van der Waals surface area contributed by atoms with Crippen LogP contribution < -0.4 is 5.73 Å². The van der Waals surface area contributed by atoms with E-state index < -0.39 is 0 Å². The number of aromatic nitrogens is 1. The van der Waals surface area contributed by atoms with Crippen molar-refractivity contribution in [1.82, 2.24) is 4.98 Å². The van der Waals surface area contributed by atoms with E-state index in [9.17, 15) is 0 Å². The van der Waals surface area contributed by atoms with Crippen LogP contribution >= 0.6 is 11.3 Å². The second-order valence-electron chi connectivity index (χ2n) is 4.38. The number of thiazole rings is 1. The third-order valence-corrected chi connectivity index (χ3v) is 3.79. The van der Waals surface area contributed by atoms with E-state index in [1.165, 1.54) is 16.7 Å². The molecule has 2 rings (SSSR count). The first-order chi connectivity index (χ1) is 8.19. The molecule has 0 spiro atoms. The number of hydrogen-bond donors (Lipinski definition) is 1. The van der Waals surface area contributed by atoms with E-state index in [0.29, 0.717) is 6.54 Å². The largest absolute Gasteiger partial charge is 0.330 e. The van der Waals surface area contributed by atoms with Crippen molar-refractivity contribution in [2.24, 2.45) is 5.73 Å². The van der Waals surface area contributed by atoms with Gasteiger partial charge in [-0.1, -0.05) is 23.8 Å². The van der Waals surface area contributed by atoms with Crippen LogP contribution in [0.1, 0.15) is 27.4 Å². The highest BCUT2D eigenvalue weighted by atomic mass is 32.1. The molecule has 2 N–H and O–H groups in total. The maximum atomic E-state index is 5.53. The molecule has 2 nitrogen and oxygen atoms in total. The minimum atomic E-state index is 0.677. The van der Waals surface area contributed by atoms with Gasteiger partial charge in [0.05, 0.1) is 10.7 Å². The Morgan fingerprint density at radius 3 is 2.88 bits per heavy atom. The van der Waals surface area contributed by atoms with Crippen LogP contribution in [0, 0.1) is 13.8 Å². The van der Waals surface area contributed by atoms with Gasteiger partial charge in [0.1, 0.15) is 0 Å². The van der Waals surface area contributed by atoms with Crippen molar-refractivity contribution in [3.05, 3.63) is 51.0 Å². The molecule has 0 saturated carbocycles. The number of aryl methyl sites for hydroxylation is 2. The first kappa shape index (κ1) is 12.3.